The molecule has 2 heterocycles. The summed E-state index contributed by atoms with van der Waals surface area (Å²) in [5.41, 5.74) is -3.77. The van der Waals surface area contributed by atoms with E-state index in [2.05, 4.69) is 15.5 Å². The third-order valence-corrected chi connectivity index (χ3v) is 1.93. The van der Waals surface area contributed by atoms with Crippen LogP contribution in [-0.4, -0.2) is 20.0 Å². The number of pyridine rings is 1. The van der Waals surface area contributed by atoms with Gasteiger partial charge >= 0.3 is 12.4 Å². The van der Waals surface area contributed by atoms with Crippen LogP contribution >= 0.6 is 0 Å². The molecule has 0 aromatic carbocycles. The van der Waals surface area contributed by atoms with Crippen molar-refractivity contribution in [3.63, 3.8) is 0 Å². The van der Waals surface area contributed by atoms with Gasteiger partial charge in [0.2, 0.25) is 0 Å². The van der Waals surface area contributed by atoms with Crippen LogP contribution in [0.3, 0.4) is 0 Å². The fourth-order valence-electron chi connectivity index (χ4n) is 1.21. The first kappa shape index (κ1) is 11.6. The van der Waals surface area contributed by atoms with Gasteiger partial charge in [-0.05, 0) is 16.5 Å². The largest absolute Gasteiger partial charge is 0.420 e. The Morgan fingerprint density at radius 1 is 1.00 bits per heavy atom. The predicted molar refractivity (Wildman–Crippen MR) is 40.8 cm³/mol. The smallest absolute Gasteiger partial charge is 0.199 e. The minimum atomic E-state index is -4.96. The average molecular weight is 256 g/mol. The molecule has 0 N–H and O–H groups in total. The van der Waals surface area contributed by atoms with Crippen LogP contribution in [0.2, 0.25) is 0 Å². The van der Waals surface area contributed by atoms with E-state index >= 15 is 0 Å². The zero-order valence-corrected chi connectivity index (χ0v) is 7.71. The summed E-state index contributed by atoms with van der Waals surface area (Å²) in [5.74, 6) is 0. The van der Waals surface area contributed by atoms with Gasteiger partial charge in [0.15, 0.2) is 5.65 Å². The molecule has 10 heteroatoms. The molecule has 2 aromatic heterocycles. The SMILES string of the molecule is FC(F)(F)c1cc(C(F)(F)F)c2nnnn2c1. The van der Waals surface area contributed by atoms with Crippen molar-refractivity contribution >= 4 is 5.65 Å². The normalized spacial score (nSPS) is 13.3. The molecule has 92 valence electrons. The Labute approximate surface area is 88.8 Å². The summed E-state index contributed by atoms with van der Waals surface area (Å²) in [6.45, 7) is 0. The molecule has 0 saturated heterocycles. The summed E-state index contributed by atoms with van der Waals surface area (Å²) in [7, 11) is 0. The Bertz CT molecular complexity index is 553. The van der Waals surface area contributed by atoms with E-state index in [9.17, 15) is 26.3 Å². The minimum absolute atomic E-state index is 0.0221. The first-order valence-corrected chi connectivity index (χ1v) is 4.06. The molecule has 0 aliphatic rings. The Hall–Kier alpha value is -1.87. The minimum Gasteiger partial charge on any atom is -0.199 e. The number of hydrogen-bond donors (Lipinski definition) is 0. The van der Waals surface area contributed by atoms with E-state index in [1.807, 2.05) is 0 Å². The molecule has 2 aromatic rings. The molecule has 0 unspecified atom stereocenters. The van der Waals surface area contributed by atoms with E-state index in [1.165, 1.54) is 0 Å². The fourth-order valence-corrected chi connectivity index (χ4v) is 1.21. The number of nitrogens with zero attached hydrogens (tertiary/aromatic N) is 4. The molecule has 4 nitrogen and oxygen atoms in total. The lowest BCUT2D eigenvalue weighted by molar-refractivity contribution is -0.142. The van der Waals surface area contributed by atoms with E-state index < -0.39 is 29.1 Å². The highest BCUT2D eigenvalue weighted by molar-refractivity contribution is 5.49. The summed E-state index contributed by atoms with van der Waals surface area (Å²) in [5, 5.41) is 8.94. The van der Waals surface area contributed by atoms with Crippen LogP contribution in [0.4, 0.5) is 26.3 Å². The number of halogens is 6. The third kappa shape index (κ3) is 2.01. The highest BCUT2D eigenvalue weighted by Gasteiger charge is 2.39. The van der Waals surface area contributed by atoms with Gasteiger partial charge in [0.05, 0.1) is 5.56 Å². The van der Waals surface area contributed by atoms with Gasteiger partial charge in [-0.25, -0.2) is 0 Å². The maximum Gasteiger partial charge on any atom is 0.420 e. The second-order valence-electron chi connectivity index (χ2n) is 3.09. The lowest BCUT2D eigenvalue weighted by Crippen LogP contribution is -2.13. The van der Waals surface area contributed by atoms with Crippen molar-refractivity contribution in [2.45, 2.75) is 12.4 Å². The topological polar surface area (TPSA) is 43.1 Å². The lowest BCUT2D eigenvalue weighted by atomic mass is 10.2. The van der Waals surface area contributed by atoms with E-state index in [0.717, 1.165) is 0 Å². The van der Waals surface area contributed by atoms with E-state index in [1.54, 1.807) is 0 Å². The summed E-state index contributed by atoms with van der Waals surface area (Å²) < 4.78 is 74.8. The highest BCUT2D eigenvalue weighted by atomic mass is 19.4. The van der Waals surface area contributed by atoms with Crippen LogP contribution in [0.5, 0.6) is 0 Å². The summed E-state index contributed by atoms with van der Waals surface area (Å²) >= 11 is 0. The second kappa shape index (κ2) is 3.31. The molecule has 0 spiro atoms. The van der Waals surface area contributed by atoms with E-state index in [-0.39, 0.29) is 6.07 Å². The number of hydrogen-bond acceptors (Lipinski definition) is 3. The van der Waals surface area contributed by atoms with Crippen molar-refractivity contribution in [3.8, 4) is 0 Å². The van der Waals surface area contributed by atoms with Crippen LogP contribution in [0.25, 0.3) is 5.65 Å². The molecule has 2 rings (SSSR count). The van der Waals surface area contributed by atoms with E-state index in [4.69, 9.17) is 0 Å². The molecule has 0 atom stereocenters. The van der Waals surface area contributed by atoms with Crippen LogP contribution < -0.4 is 0 Å². The number of rotatable bonds is 0. The molecular formula is C7H2F6N4. The van der Waals surface area contributed by atoms with Gasteiger partial charge in [0.25, 0.3) is 0 Å². The first-order valence-electron chi connectivity index (χ1n) is 4.06. The van der Waals surface area contributed by atoms with Crippen molar-refractivity contribution in [2.75, 3.05) is 0 Å². The second-order valence-corrected chi connectivity index (χ2v) is 3.09. The molecule has 0 aliphatic heterocycles. The number of fused-ring (bicyclic) bond motifs is 1. The van der Waals surface area contributed by atoms with Gasteiger partial charge in [-0.2, -0.15) is 30.9 Å². The van der Waals surface area contributed by atoms with Crippen molar-refractivity contribution in [2.24, 2.45) is 0 Å². The van der Waals surface area contributed by atoms with Gasteiger partial charge in [-0.3, -0.25) is 0 Å². The van der Waals surface area contributed by atoms with Crippen LogP contribution in [0.1, 0.15) is 11.1 Å². The van der Waals surface area contributed by atoms with Crippen LogP contribution in [0, 0.1) is 0 Å². The number of aromatic nitrogens is 4. The van der Waals surface area contributed by atoms with Crippen molar-refractivity contribution in [1.82, 2.24) is 20.0 Å². The zero-order valence-electron chi connectivity index (χ0n) is 7.71. The summed E-state index contributed by atoms with van der Waals surface area (Å²) in [4.78, 5) is 0. The van der Waals surface area contributed by atoms with Gasteiger partial charge in [0, 0.05) is 6.20 Å². The lowest BCUT2D eigenvalue weighted by Gasteiger charge is -2.11. The molecule has 0 saturated carbocycles. The maximum absolute atomic E-state index is 12.5. The quantitative estimate of drug-likeness (QED) is 0.678. The fraction of sp³-hybridized carbons (Fsp3) is 0.286. The third-order valence-electron chi connectivity index (χ3n) is 1.93. The maximum atomic E-state index is 12.5. The molecule has 0 aliphatic carbocycles. The Morgan fingerprint density at radius 3 is 2.18 bits per heavy atom. The standard InChI is InChI=1S/C7H2F6N4/c8-6(9,10)3-1-4(7(11,12)13)5-14-15-16-17(5)2-3/h1-2H. The summed E-state index contributed by atoms with van der Waals surface area (Å²) in [6, 6.07) is -0.0221. The van der Waals surface area contributed by atoms with Crippen molar-refractivity contribution in [3.05, 3.63) is 23.4 Å². The Morgan fingerprint density at radius 2 is 1.65 bits per heavy atom. The Kier molecular flexibility index (Phi) is 2.26. The molecule has 0 bridgehead atoms. The van der Waals surface area contributed by atoms with Gasteiger partial charge in [-0.1, -0.05) is 0 Å². The molecular weight excluding hydrogens is 254 g/mol. The van der Waals surface area contributed by atoms with Crippen molar-refractivity contribution in [1.29, 1.82) is 0 Å². The van der Waals surface area contributed by atoms with Crippen LogP contribution in [0.15, 0.2) is 12.3 Å². The highest BCUT2D eigenvalue weighted by Crippen LogP contribution is 2.36. The van der Waals surface area contributed by atoms with Gasteiger partial charge < -0.3 is 0 Å². The molecule has 17 heavy (non-hydrogen) atoms. The van der Waals surface area contributed by atoms with E-state index in [0.29, 0.717) is 10.7 Å². The van der Waals surface area contributed by atoms with Crippen LogP contribution in [-0.2, 0) is 12.4 Å². The van der Waals surface area contributed by atoms with Gasteiger partial charge in [-0.15, -0.1) is 5.10 Å². The zero-order chi connectivity index (χ0) is 12.8. The van der Waals surface area contributed by atoms with Crippen molar-refractivity contribution < 1.29 is 26.3 Å². The summed E-state index contributed by atoms with van der Waals surface area (Å²) in [6.07, 6.45) is -9.47. The monoisotopic (exact) mass is 256 g/mol. The molecule has 0 amide bonds. The first-order chi connectivity index (χ1) is 7.69. The predicted octanol–water partition coefficient (Wildman–Crippen LogP) is 2.16. The number of tetrazole rings is 1. The molecule has 0 fully saturated rings. The molecule has 0 radical (unpaired) electrons. The average Bonchev–Trinajstić information content (AvgIpc) is 2.59. The Balaban J connectivity index is 2.76. The van der Waals surface area contributed by atoms with Gasteiger partial charge in [0.1, 0.15) is 5.56 Å². The number of alkyl halides is 6.